The van der Waals surface area contributed by atoms with Crippen LogP contribution in [0, 0.1) is 0 Å². The average molecular weight is 391 g/mol. The van der Waals surface area contributed by atoms with Gasteiger partial charge in [-0.2, -0.15) is 0 Å². The standard InChI is InChI=1S/C18H22N4O4S/c1-12(13-4-5-14-15(8-13)25-11-24-14)19-16(23)10-27-18-21-20-17(26-18)9-22-6-2-3-7-22/h4-5,8,12H,2-3,6-7,9-11H2,1H3,(H,19,23)/p+1/t12-/m0/s1. The van der Waals surface area contributed by atoms with E-state index >= 15 is 0 Å². The Bertz CT molecular complexity index is 806. The summed E-state index contributed by atoms with van der Waals surface area (Å²) in [4.78, 5) is 13.7. The van der Waals surface area contributed by atoms with E-state index in [0.717, 1.165) is 30.9 Å². The number of thioether (sulfide) groups is 1. The fraction of sp³-hybridized carbons (Fsp3) is 0.500. The topological polar surface area (TPSA) is 90.9 Å². The molecule has 0 spiro atoms. The van der Waals surface area contributed by atoms with E-state index in [1.54, 1.807) is 0 Å². The van der Waals surface area contributed by atoms with Gasteiger partial charge in [0, 0.05) is 12.8 Å². The van der Waals surface area contributed by atoms with Crippen molar-refractivity contribution in [3.05, 3.63) is 29.7 Å². The minimum Gasteiger partial charge on any atom is -0.454 e. The quantitative estimate of drug-likeness (QED) is 0.679. The Kier molecular flexibility index (Phi) is 5.49. The maximum atomic E-state index is 12.2. The SMILES string of the molecule is C[C@H](NC(=O)CSc1nnc(C[NH+]2CCCC2)o1)c1ccc2c(c1)OCO2. The van der Waals surface area contributed by atoms with Gasteiger partial charge in [-0.1, -0.05) is 17.8 Å². The molecule has 27 heavy (non-hydrogen) atoms. The van der Waals surface area contributed by atoms with Gasteiger partial charge in [0.05, 0.1) is 24.9 Å². The second kappa shape index (κ2) is 8.18. The Balaban J connectivity index is 1.25. The molecule has 0 aliphatic carbocycles. The van der Waals surface area contributed by atoms with Crippen molar-refractivity contribution in [2.24, 2.45) is 0 Å². The number of fused-ring (bicyclic) bond motifs is 1. The van der Waals surface area contributed by atoms with Crippen molar-refractivity contribution in [2.75, 3.05) is 25.6 Å². The fourth-order valence-corrected chi connectivity index (χ4v) is 3.90. The molecule has 0 unspecified atom stereocenters. The highest BCUT2D eigenvalue weighted by atomic mass is 32.2. The van der Waals surface area contributed by atoms with Crippen molar-refractivity contribution in [3.8, 4) is 11.5 Å². The van der Waals surface area contributed by atoms with Crippen molar-refractivity contribution in [1.82, 2.24) is 15.5 Å². The fourth-order valence-electron chi connectivity index (χ4n) is 3.31. The van der Waals surface area contributed by atoms with Gasteiger partial charge in [-0.05, 0) is 24.6 Å². The normalized spacial score (nSPS) is 17.2. The number of aromatic nitrogens is 2. The van der Waals surface area contributed by atoms with Crippen molar-refractivity contribution in [1.29, 1.82) is 0 Å². The van der Waals surface area contributed by atoms with Crippen LogP contribution in [0.5, 0.6) is 11.5 Å². The molecular weight excluding hydrogens is 368 g/mol. The predicted molar refractivity (Wildman–Crippen MR) is 97.8 cm³/mol. The summed E-state index contributed by atoms with van der Waals surface area (Å²) in [6.07, 6.45) is 2.51. The molecule has 144 valence electrons. The lowest BCUT2D eigenvalue weighted by Crippen LogP contribution is -3.08. The number of benzene rings is 1. The number of carbonyl (C=O) groups is 1. The van der Waals surface area contributed by atoms with Gasteiger partial charge >= 0.3 is 0 Å². The third-order valence-corrected chi connectivity index (χ3v) is 5.58. The lowest BCUT2D eigenvalue weighted by molar-refractivity contribution is -0.902. The van der Waals surface area contributed by atoms with E-state index in [-0.39, 0.29) is 24.5 Å². The lowest BCUT2D eigenvalue weighted by atomic mass is 10.1. The molecule has 1 aromatic heterocycles. The smallest absolute Gasteiger partial charge is 0.277 e. The maximum absolute atomic E-state index is 12.2. The number of carbonyl (C=O) groups excluding carboxylic acids is 1. The van der Waals surface area contributed by atoms with Crippen LogP contribution in [0.1, 0.15) is 37.3 Å². The summed E-state index contributed by atoms with van der Waals surface area (Å²) in [6.45, 7) is 5.25. The van der Waals surface area contributed by atoms with Crippen molar-refractivity contribution in [2.45, 2.75) is 37.6 Å². The summed E-state index contributed by atoms with van der Waals surface area (Å²) in [5.74, 6) is 2.23. The third-order valence-electron chi connectivity index (χ3n) is 4.76. The highest BCUT2D eigenvalue weighted by Crippen LogP contribution is 2.34. The Morgan fingerprint density at radius 2 is 2.07 bits per heavy atom. The molecule has 4 rings (SSSR count). The van der Waals surface area contributed by atoms with Crippen LogP contribution in [0.3, 0.4) is 0 Å². The molecule has 1 saturated heterocycles. The van der Waals surface area contributed by atoms with Gasteiger partial charge in [0.25, 0.3) is 11.1 Å². The first-order valence-corrected chi connectivity index (χ1v) is 10.1. The monoisotopic (exact) mass is 391 g/mol. The zero-order chi connectivity index (χ0) is 18.6. The largest absolute Gasteiger partial charge is 0.454 e. The molecule has 2 aliphatic heterocycles. The lowest BCUT2D eigenvalue weighted by Gasteiger charge is -2.14. The van der Waals surface area contributed by atoms with Crippen molar-refractivity contribution in [3.63, 3.8) is 0 Å². The highest BCUT2D eigenvalue weighted by molar-refractivity contribution is 7.99. The molecule has 1 aromatic carbocycles. The van der Waals surface area contributed by atoms with E-state index in [9.17, 15) is 4.79 Å². The first kappa shape index (κ1) is 18.1. The van der Waals surface area contributed by atoms with E-state index in [1.807, 2.05) is 25.1 Å². The number of nitrogens with one attached hydrogen (secondary N) is 2. The maximum Gasteiger partial charge on any atom is 0.277 e. The minimum atomic E-state index is -0.135. The second-order valence-electron chi connectivity index (χ2n) is 6.79. The molecule has 8 nitrogen and oxygen atoms in total. The van der Waals surface area contributed by atoms with Gasteiger partial charge < -0.3 is 24.1 Å². The molecule has 1 amide bonds. The predicted octanol–water partition coefficient (Wildman–Crippen LogP) is 0.946. The zero-order valence-electron chi connectivity index (χ0n) is 15.2. The molecule has 0 bridgehead atoms. The van der Waals surface area contributed by atoms with Gasteiger partial charge in [0.1, 0.15) is 0 Å². The van der Waals surface area contributed by atoms with Gasteiger partial charge in [0.2, 0.25) is 12.7 Å². The van der Waals surface area contributed by atoms with E-state index < -0.39 is 0 Å². The number of nitrogens with zero attached hydrogens (tertiary/aromatic N) is 2. The van der Waals surface area contributed by atoms with Crippen LogP contribution in [0.2, 0.25) is 0 Å². The van der Waals surface area contributed by atoms with Crippen LogP contribution in [0.25, 0.3) is 0 Å². The first-order valence-electron chi connectivity index (χ1n) is 9.15. The Hall–Kier alpha value is -2.26. The number of hydrogen-bond acceptors (Lipinski definition) is 7. The van der Waals surface area contributed by atoms with Gasteiger partial charge in [-0.3, -0.25) is 4.79 Å². The van der Waals surface area contributed by atoms with E-state index in [1.165, 1.54) is 29.5 Å². The summed E-state index contributed by atoms with van der Waals surface area (Å²) in [5.41, 5.74) is 0.964. The molecule has 0 saturated carbocycles. The number of amides is 1. The summed E-state index contributed by atoms with van der Waals surface area (Å²) >= 11 is 1.26. The van der Waals surface area contributed by atoms with E-state index in [0.29, 0.717) is 16.9 Å². The summed E-state index contributed by atoms with van der Waals surface area (Å²) in [7, 11) is 0. The van der Waals surface area contributed by atoms with Crippen LogP contribution in [-0.4, -0.2) is 41.7 Å². The molecule has 2 aliphatic rings. The first-order chi connectivity index (χ1) is 13.2. The van der Waals surface area contributed by atoms with Crippen molar-refractivity contribution >= 4 is 17.7 Å². The molecule has 2 aromatic rings. The zero-order valence-corrected chi connectivity index (χ0v) is 16.0. The molecular formula is C18H23N4O4S+. The summed E-state index contributed by atoms with van der Waals surface area (Å²) in [5, 5.41) is 11.5. The summed E-state index contributed by atoms with van der Waals surface area (Å²) in [6, 6.07) is 5.55. The average Bonchev–Trinajstić information content (AvgIpc) is 3.41. The van der Waals surface area contributed by atoms with Gasteiger partial charge in [0.15, 0.2) is 18.0 Å². The number of ether oxygens (including phenoxy) is 2. The van der Waals surface area contributed by atoms with Crippen LogP contribution in [0.15, 0.2) is 27.8 Å². The van der Waals surface area contributed by atoms with Gasteiger partial charge in [-0.25, -0.2) is 0 Å². The molecule has 1 fully saturated rings. The molecule has 2 N–H and O–H groups in total. The number of likely N-dealkylation sites (tertiary alicyclic amines) is 1. The molecule has 1 atom stereocenters. The van der Waals surface area contributed by atoms with Crippen molar-refractivity contribution < 1.29 is 23.6 Å². The number of quaternary nitrogens is 1. The highest BCUT2D eigenvalue weighted by Gasteiger charge is 2.20. The molecule has 9 heteroatoms. The van der Waals surface area contributed by atoms with Crippen LogP contribution < -0.4 is 19.7 Å². The second-order valence-corrected chi connectivity index (χ2v) is 7.71. The number of hydrogen-bond donors (Lipinski definition) is 2. The Labute approximate surface area is 161 Å². The third kappa shape index (κ3) is 4.54. The molecule has 0 radical (unpaired) electrons. The van der Waals surface area contributed by atoms with Crippen LogP contribution >= 0.6 is 11.8 Å². The number of rotatable bonds is 7. The van der Waals surface area contributed by atoms with Crippen LogP contribution in [-0.2, 0) is 11.3 Å². The van der Waals surface area contributed by atoms with E-state index in [2.05, 4.69) is 15.5 Å². The minimum absolute atomic E-state index is 0.0879. The molecule has 3 heterocycles. The van der Waals surface area contributed by atoms with Crippen LogP contribution in [0.4, 0.5) is 0 Å². The summed E-state index contributed by atoms with van der Waals surface area (Å²) < 4.78 is 16.3. The Morgan fingerprint density at radius 3 is 2.93 bits per heavy atom. The van der Waals surface area contributed by atoms with E-state index in [4.69, 9.17) is 13.9 Å². The van der Waals surface area contributed by atoms with Gasteiger partial charge in [-0.15, -0.1) is 10.2 Å². The Morgan fingerprint density at radius 1 is 1.26 bits per heavy atom.